The molecule has 0 saturated carbocycles. The summed E-state index contributed by atoms with van der Waals surface area (Å²) in [5.74, 6) is 1.09. The highest BCUT2D eigenvalue weighted by molar-refractivity contribution is 6.25. The molecule has 0 fully saturated rings. The molecular formula is C24H14N2O. The van der Waals surface area contributed by atoms with Crippen LogP contribution in [0.2, 0.25) is 0 Å². The molecule has 0 aliphatic carbocycles. The SMILES string of the molecule is c1ccc(-c2nnc(-c3ccc4ccc5cccc6ccc3c4c56)o2)cc1. The van der Waals surface area contributed by atoms with Crippen molar-refractivity contribution in [2.75, 3.05) is 0 Å². The van der Waals surface area contributed by atoms with Gasteiger partial charge in [0.1, 0.15) is 0 Å². The molecule has 0 amide bonds. The van der Waals surface area contributed by atoms with Crippen LogP contribution in [0.3, 0.4) is 0 Å². The zero-order chi connectivity index (χ0) is 17.8. The molecule has 126 valence electrons. The predicted octanol–water partition coefficient (Wildman–Crippen LogP) is 6.30. The molecule has 1 heterocycles. The van der Waals surface area contributed by atoms with Gasteiger partial charge in [0.15, 0.2) is 0 Å². The summed E-state index contributed by atoms with van der Waals surface area (Å²) >= 11 is 0. The third-order valence-electron chi connectivity index (χ3n) is 5.20. The van der Waals surface area contributed by atoms with E-state index in [1.807, 2.05) is 30.3 Å². The Balaban J connectivity index is 1.64. The predicted molar refractivity (Wildman–Crippen MR) is 109 cm³/mol. The molecule has 0 N–H and O–H groups in total. The number of nitrogens with zero attached hydrogens (tertiary/aromatic N) is 2. The third-order valence-corrected chi connectivity index (χ3v) is 5.20. The molecule has 1 aromatic heterocycles. The fraction of sp³-hybridized carbons (Fsp3) is 0. The maximum absolute atomic E-state index is 6.02. The van der Waals surface area contributed by atoms with Crippen LogP contribution in [-0.4, -0.2) is 10.2 Å². The average Bonchev–Trinajstić information content (AvgIpc) is 3.23. The summed E-state index contributed by atoms with van der Waals surface area (Å²) in [7, 11) is 0. The minimum absolute atomic E-state index is 0.538. The molecule has 3 heteroatoms. The second-order valence-electron chi connectivity index (χ2n) is 6.75. The van der Waals surface area contributed by atoms with Gasteiger partial charge >= 0.3 is 0 Å². The Bertz CT molecular complexity index is 1400. The molecule has 0 atom stereocenters. The first-order valence-electron chi connectivity index (χ1n) is 8.94. The molecule has 5 aromatic carbocycles. The van der Waals surface area contributed by atoms with Crippen LogP contribution in [0.1, 0.15) is 0 Å². The summed E-state index contributed by atoms with van der Waals surface area (Å²) in [5.41, 5.74) is 1.89. The highest BCUT2D eigenvalue weighted by Gasteiger charge is 2.16. The monoisotopic (exact) mass is 346 g/mol. The zero-order valence-electron chi connectivity index (χ0n) is 14.4. The smallest absolute Gasteiger partial charge is 0.248 e. The molecule has 6 rings (SSSR count). The van der Waals surface area contributed by atoms with Gasteiger partial charge in [-0.05, 0) is 50.5 Å². The van der Waals surface area contributed by atoms with E-state index in [0.29, 0.717) is 11.8 Å². The van der Waals surface area contributed by atoms with E-state index >= 15 is 0 Å². The maximum atomic E-state index is 6.02. The van der Waals surface area contributed by atoms with Crippen LogP contribution in [0.15, 0.2) is 89.3 Å². The second kappa shape index (κ2) is 5.39. The Labute approximate surface area is 155 Å². The molecule has 0 unspecified atom stereocenters. The van der Waals surface area contributed by atoms with Crippen LogP contribution >= 0.6 is 0 Å². The summed E-state index contributed by atoms with van der Waals surface area (Å²) < 4.78 is 6.02. The lowest BCUT2D eigenvalue weighted by atomic mass is 9.92. The van der Waals surface area contributed by atoms with Crippen LogP contribution in [0, 0.1) is 0 Å². The van der Waals surface area contributed by atoms with Gasteiger partial charge in [-0.1, -0.05) is 66.7 Å². The zero-order valence-corrected chi connectivity index (χ0v) is 14.4. The Hall–Kier alpha value is -3.72. The minimum atomic E-state index is 0.538. The molecule has 0 bridgehead atoms. The van der Waals surface area contributed by atoms with E-state index in [1.165, 1.54) is 26.9 Å². The van der Waals surface area contributed by atoms with Crippen molar-refractivity contribution in [3.8, 4) is 22.9 Å². The van der Waals surface area contributed by atoms with E-state index in [2.05, 4.69) is 64.8 Å². The van der Waals surface area contributed by atoms with Crippen molar-refractivity contribution in [2.45, 2.75) is 0 Å². The minimum Gasteiger partial charge on any atom is -0.416 e. The molecule has 6 aromatic rings. The Morgan fingerprint density at radius 1 is 0.519 bits per heavy atom. The van der Waals surface area contributed by atoms with Gasteiger partial charge in [-0.3, -0.25) is 0 Å². The lowest BCUT2D eigenvalue weighted by Gasteiger charge is -2.12. The molecule has 0 aliphatic rings. The van der Waals surface area contributed by atoms with Crippen molar-refractivity contribution in [2.24, 2.45) is 0 Å². The summed E-state index contributed by atoms with van der Waals surface area (Å²) in [6, 6.07) is 29.2. The molecular weight excluding hydrogens is 332 g/mol. The first-order chi connectivity index (χ1) is 13.4. The summed E-state index contributed by atoms with van der Waals surface area (Å²) in [4.78, 5) is 0. The first kappa shape index (κ1) is 14.4. The number of rotatable bonds is 2. The number of hydrogen-bond acceptors (Lipinski definition) is 3. The van der Waals surface area contributed by atoms with Crippen LogP contribution < -0.4 is 0 Å². The Kier molecular flexibility index (Phi) is 2.88. The van der Waals surface area contributed by atoms with E-state index in [-0.39, 0.29) is 0 Å². The van der Waals surface area contributed by atoms with Gasteiger partial charge in [0.25, 0.3) is 0 Å². The number of hydrogen-bond donors (Lipinski definition) is 0. The molecule has 27 heavy (non-hydrogen) atoms. The highest BCUT2D eigenvalue weighted by atomic mass is 16.4. The van der Waals surface area contributed by atoms with Crippen LogP contribution in [-0.2, 0) is 0 Å². The van der Waals surface area contributed by atoms with Crippen LogP contribution in [0.4, 0.5) is 0 Å². The molecule has 0 saturated heterocycles. The van der Waals surface area contributed by atoms with Crippen molar-refractivity contribution in [1.82, 2.24) is 10.2 Å². The van der Waals surface area contributed by atoms with Gasteiger partial charge in [0.05, 0.1) is 0 Å². The van der Waals surface area contributed by atoms with Gasteiger partial charge in [0, 0.05) is 11.1 Å². The Morgan fingerprint density at radius 3 is 2.00 bits per heavy atom. The van der Waals surface area contributed by atoms with Crippen LogP contribution in [0.25, 0.3) is 55.2 Å². The van der Waals surface area contributed by atoms with Gasteiger partial charge < -0.3 is 4.42 Å². The quantitative estimate of drug-likeness (QED) is 0.345. The van der Waals surface area contributed by atoms with Gasteiger partial charge in [-0.2, -0.15) is 0 Å². The maximum Gasteiger partial charge on any atom is 0.248 e. The lowest BCUT2D eigenvalue weighted by molar-refractivity contribution is 0.585. The van der Waals surface area contributed by atoms with E-state index in [9.17, 15) is 0 Å². The molecule has 0 spiro atoms. The van der Waals surface area contributed by atoms with Crippen molar-refractivity contribution < 1.29 is 4.42 Å². The molecule has 3 nitrogen and oxygen atoms in total. The normalized spacial score (nSPS) is 11.7. The molecule has 0 aliphatic heterocycles. The van der Waals surface area contributed by atoms with Crippen LogP contribution in [0.5, 0.6) is 0 Å². The van der Waals surface area contributed by atoms with Gasteiger partial charge in [-0.15, -0.1) is 10.2 Å². The number of benzene rings is 5. The third kappa shape index (κ3) is 2.09. The lowest BCUT2D eigenvalue weighted by Crippen LogP contribution is -1.87. The van der Waals surface area contributed by atoms with Crippen molar-refractivity contribution in [3.63, 3.8) is 0 Å². The van der Waals surface area contributed by atoms with Crippen molar-refractivity contribution in [1.29, 1.82) is 0 Å². The van der Waals surface area contributed by atoms with Crippen molar-refractivity contribution >= 4 is 32.3 Å². The second-order valence-corrected chi connectivity index (χ2v) is 6.75. The fourth-order valence-electron chi connectivity index (χ4n) is 3.95. The summed E-state index contributed by atoms with van der Waals surface area (Å²) in [6.45, 7) is 0. The fourth-order valence-corrected chi connectivity index (χ4v) is 3.95. The molecule has 0 radical (unpaired) electrons. The highest BCUT2D eigenvalue weighted by Crippen LogP contribution is 2.39. The summed E-state index contributed by atoms with van der Waals surface area (Å²) in [5, 5.41) is 16.0. The Morgan fingerprint density at radius 2 is 1.19 bits per heavy atom. The standard InChI is InChI=1S/C24H14N2O/c1-2-5-18(6-3-1)23-25-26-24(27-23)20-14-12-17-10-9-15-7-4-8-16-11-13-19(20)22(17)21(15)16/h1-14H. The largest absolute Gasteiger partial charge is 0.416 e. The van der Waals surface area contributed by atoms with E-state index in [4.69, 9.17) is 4.42 Å². The summed E-state index contributed by atoms with van der Waals surface area (Å²) in [6.07, 6.45) is 0. The van der Waals surface area contributed by atoms with Gasteiger partial charge in [0.2, 0.25) is 11.8 Å². The topological polar surface area (TPSA) is 38.9 Å². The van der Waals surface area contributed by atoms with Gasteiger partial charge in [-0.25, -0.2) is 0 Å². The first-order valence-corrected chi connectivity index (χ1v) is 8.94. The van der Waals surface area contributed by atoms with E-state index in [0.717, 1.165) is 16.5 Å². The average molecular weight is 346 g/mol. The van der Waals surface area contributed by atoms with E-state index in [1.54, 1.807) is 0 Å². The van der Waals surface area contributed by atoms with E-state index < -0.39 is 0 Å². The van der Waals surface area contributed by atoms with Crippen molar-refractivity contribution in [3.05, 3.63) is 84.9 Å². The number of aromatic nitrogens is 2.